The van der Waals surface area contributed by atoms with Gasteiger partial charge in [0.05, 0.1) is 16.6 Å². The fraction of sp³-hybridized carbons (Fsp3) is 0.0769. The van der Waals surface area contributed by atoms with Gasteiger partial charge in [-0.25, -0.2) is 0 Å². The Morgan fingerprint density at radius 1 is 0.458 bits per heavy atom. The van der Waals surface area contributed by atoms with E-state index in [1.807, 2.05) is 6.20 Å². The third kappa shape index (κ3) is 6.45. The molecule has 9 aromatic carbocycles. The standard InChI is InChI=1S/C65H47N5O.Pt/c1-41-29-30-45(67-40-68(57-28-14-13-27-56(57)67)63-47(42-17-7-5-8-18-42)22-15-23-48(63)43-19-9-6-10-20-43)36-61(41)71-46-31-32-50-53-38-54-52-25-16-24-51-49-21-11-12-26-55(49)70(64(51)52)60(54)39-59(53)69(58(50)37-46)62-35-44(33-34-66-62)65(2,3)4;/h5-39H,1-4H3;. The molecule has 0 atom stereocenters. The average Bonchev–Trinajstić information content (AvgIpc) is 4.12. The summed E-state index contributed by atoms with van der Waals surface area (Å²) in [6, 6.07) is 74.6. The Bertz CT molecular complexity index is 4490. The van der Waals surface area contributed by atoms with Gasteiger partial charge in [-0.2, -0.15) is 0 Å². The smallest absolute Gasteiger partial charge is 0.0620 e. The summed E-state index contributed by atoms with van der Waals surface area (Å²) >= 11 is 2.52. The fourth-order valence-corrected chi connectivity index (χ4v) is 12.4. The second-order valence-corrected chi connectivity index (χ2v) is 21.0. The Labute approximate surface area is 427 Å². The van der Waals surface area contributed by atoms with Gasteiger partial charge in [-0.15, -0.1) is 0 Å². The summed E-state index contributed by atoms with van der Waals surface area (Å²) in [5.41, 5.74) is 17.0. The minimum atomic E-state index is -0.0660. The van der Waals surface area contributed by atoms with E-state index < -0.39 is 0 Å². The van der Waals surface area contributed by atoms with Crippen LogP contribution in [-0.4, -0.2) is 23.1 Å². The second kappa shape index (κ2) is 16.1. The third-order valence-corrected chi connectivity index (χ3v) is 15.7. The Balaban J connectivity index is 0.947. The summed E-state index contributed by atoms with van der Waals surface area (Å²) in [5, 5.41) is 7.37. The van der Waals surface area contributed by atoms with E-state index in [-0.39, 0.29) is 5.41 Å². The van der Waals surface area contributed by atoms with Gasteiger partial charge in [-0.05, 0) is 23.1 Å². The number of fused-ring (bicyclic) bond motifs is 10. The van der Waals surface area contributed by atoms with E-state index in [1.165, 1.54) is 49.0 Å². The Morgan fingerprint density at radius 3 is 1.78 bits per heavy atom. The van der Waals surface area contributed by atoms with Crippen LogP contribution in [0.25, 0.3) is 110 Å². The molecule has 0 aliphatic carbocycles. The van der Waals surface area contributed by atoms with Crippen LogP contribution in [0.1, 0.15) is 31.9 Å². The first-order chi connectivity index (χ1) is 35.2. The summed E-state index contributed by atoms with van der Waals surface area (Å²) in [6.45, 7) is 8.90. The van der Waals surface area contributed by atoms with E-state index in [0.29, 0.717) is 0 Å². The van der Waals surface area contributed by atoms with Crippen LogP contribution in [0, 0.1) is 10.7 Å². The summed E-state index contributed by atoms with van der Waals surface area (Å²) in [5.74, 6) is 2.42. The van der Waals surface area contributed by atoms with Gasteiger partial charge in [0.25, 0.3) is 0 Å². The van der Waals surface area contributed by atoms with Crippen molar-refractivity contribution >= 4 is 70.9 Å². The maximum absolute atomic E-state index is 7.08. The first-order valence-electron chi connectivity index (χ1n) is 24.5. The van der Waals surface area contributed by atoms with Crippen LogP contribution in [0.15, 0.2) is 212 Å². The van der Waals surface area contributed by atoms with Crippen molar-refractivity contribution < 1.29 is 24.1 Å². The molecule has 0 unspecified atom stereocenters. The van der Waals surface area contributed by atoms with Crippen molar-refractivity contribution in [3.8, 4) is 50.9 Å². The monoisotopic (exact) mass is 1110 g/mol. The number of aryl methyl sites for hydroxylation is 1. The molecule has 0 bridgehead atoms. The van der Waals surface area contributed by atoms with Gasteiger partial charge in [-0.3, -0.25) is 0 Å². The normalized spacial score (nSPS) is 12.2. The van der Waals surface area contributed by atoms with Gasteiger partial charge in [0.15, 0.2) is 0 Å². The van der Waals surface area contributed by atoms with Crippen LogP contribution < -0.4 is 4.74 Å². The van der Waals surface area contributed by atoms with Crippen LogP contribution in [0.2, 0.25) is 0 Å². The summed E-state index contributed by atoms with van der Waals surface area (Å²) in [6.07, 6.45) is 1.95. The quantitative estimate of drug-likeness (QED) is 0.160. The molecule has 72 heavy (non-hydrogen) atoms. The molecule has 0 saturated heterocycles. The summed E-state index contributed by atoms with van der Waals surface area (Å²) in [7, 11) is 0. The van der Waals surface area contributed by atoms with Crippen LogP contribution in [0.4, 0.5) is 0 Å². The summed E-state index contributed by atoms with van der Waals surface area (Å²) in [4.78, 5) is 5.09. The number of hydrogen-bond donors (Lipinski definition) is 0. The van der Waals surface area contributed by atoms with Crippen molar-refractivity contribution in [2.24, 2.45) is 0 Å². The Kier molecular flexibility index (Phi) is 9.52. The second-order valence-electron chi connectivity index (χ2n) is 20.0. The molecular weight excluding hydrogens is 1060 g/mol. The number of imidazole rings is 1. The first-order valence-corrected chi connectivity index (χ1v) is 25.7. The number of para-hydroxylation sites is 5. The zero-order valence-electron chi connectivity index (χ0n) is 40.2. The molecule has 0 saturated carbocycles. The van der Waals surface area contributed by atoms with Gasteiger partial charge >= 0.3 is 301 Å². The molecule has 5 heterocycles. The average molecular weight is 1110 g/mol. The maximum Gasteiger partial charge on any atom is 0.0620 e. The fourth-order valence-electron chi connectivity index (χ4n) is 11.3. The Hall–Kier alpha value is -8.31. The predicted molar refractivity (Wildman–Crippen MR) is 293 cm³/mol. The summed E-state index contributed by atoms with van der Waals surface area (Å²) < 4.78 is 17.7. The number of nitrogens with zero attached hydrogens (tertiary/aromatic N) is 5. The molecule has 0 N–H and O–H groups in total. The molecule has 0 fully saturated rings. The number of ether oxygens (including phenoxy) is 1. The van der Waals surface area contributed by atoms with Crippen molar-refractivity contribution in [1.82, 2.24) is 23.1 Å². The molecule has 0 spiro atoms. The number of pyridine rings is 1. The topological polar surface area (TPSA) is 41.3 Å². The zero-order valence-corrected chi connectivity index (χ0v) is 42.4. The van der Waals surface area contributed by atoms with Crippen molar-refractivity contribution in [1.29, 1.82) is 0 Å². The molecule has 14 rings (SSSR count). The SMILES string of the molecule is Cc1ccc(-n2[c](=[Pt])n(-c3c(-c4ccccc4)cccc3-c3ccccc3)c3ccccc32)cc1Oc1ccc2c3cc4c5cccc6c7ccccc7n(c4cc3n(-c3cc(C(C)(C)C)ccn3)c2c1)c65. The van der Waals surface area contributed by atoms with Crippen LogP contribution in [-0.2, 0) is 24.8 Å². The van der Waals surface area contributed by atoms with E-state index in [2.05, 4.69) is 271 Å². The number of rotatable bonds is 7. The molecule has 0 amide bonds. The van der Waals surface area contributed by atoms with Gasteiger partial charge < -0.3 is 4.40 Å². The number of aromatic nitrogens is 5. The molecule has 7 heteroatoms. The van der Waals surface area contributed by atoms with Gasteiger partial charge in [0, 0.05) is 27.7 Å². The van der Waals surface area contributed by atoms with E-state index in [1.54, 1.807) is 0 Å². The third-order valence-electron chi connectivity index (χ3n) is 14.7. The maximum atomic E-state index is 7.08. The van der Waals surface area contributed by atoms with Gasteiger partial charge in [0.2, 0.25) is 0 Å². The van der Waals surface area contributed by atoms with Gasteiger partial charge in [-0.1, -0.05) is 57.2 Å². The van der Waals surface area contributed by atoms with Crippen LogP contribution in [0.3, 0.4) is 0 Å². The number of hydrogen-bond acceptors (Lipinski definition) is 2. The van der Waals surface area contributed by atoms with Crippen LogP contribution in [0.5, 0.6) is 11.5 Å². The van der Waals surface area contributed by atoms with E-state index >= 15 is 0 Å². The van der Waals surface area contributed by atoms with E-state index in [9.17, 15) is 0 Å². The van der Waals surface area contributed by atoms with E-state index in [0.717, 1.165) is 87.8 Å². The molecule has 6 nitrogen and oxygen atoms in total. The molecule has 5 aromatic heterocycles. The van der Waals surface area contributed by atoms with Crippen molar-refractivity contribution in [3.05, 3.63) is 227 Å². The predicted octanol–water partition coefficient (Wildman–Crippen LogP) is 16.9. The zero-order chi connectivity index (χ0) is 48.4. The first kappa shape index (κ1) is 42.6. The van der Waals surface area contributed by atoms with Crippen molar-refractivity contribution in [3.63, 3.8) is 0 Å². The number of benzene rings is 9. The van der Waals surface area contributed by atoms with Crippen molar-refractivity contribution in [2.45, 2.75) is 33.1 Å². The van der Waals surface area contributed by atoms with Gasteiger partial charge in [0.1, 0.15) is 0 Å². The Morgan fingerprint density at radius 2 is 1.06 bits per heavy atom. The minimum absolute atomic E-state index is 0.0660. The molecule has 0 radical (unpaired) electrons. The largest absolute Gasteiger partial charge is 0.0620 e. The molecular formula is C65H47N5OPt. The minimum Gasteiger partial charge on any atom is 0.0620 e. The van der Waals surface area contributed by atoms with Crippen LogP contribution >= 0.6 is 0 Å². The molecule has 14 aromatic rings. The molecule has 0 aliphatic rings. The molecule has 0 aliphatic heterocycles. The van der Waals surface area contributed by atoms with E-state index in [4.69, 9.17) is 9.72 Å². The molecule has 348 valence electrons. The van der Waals surface area contributed by atoms with Crippen molar-refractivity contribution in [2.75, 3.05) is 0 Å².